The van der Waals surface area contributed by atoms with Crippen LogP contribution in [0.3, 0.4) is 0 Å². The second kappa shape index (κ2) is 9.04. The molecule has 0 heterocycles. The van der Waals surface area contributed by atoms with Gasteiger partial charge in [-0.2, -0.15) is 0 Å². The molecule has 0 saturated heterocycles. The number of carbonyl (C=O) groups is 2. The molecule has 5 heteroatoms. The van der Waals surface area contributed by atoms with Gasteiger partial charge in [0.05, 0.1) is 12.7 Å². The maximum atomic E-state index is 12.5. The molecule has 0 aromatic heterocycles. The van der Waals surface area contributed by atoms with Crippen molar-refractivity contribution >= 4 is 22.6 Å². The van der Waals surface area contributed by atoms with Crippen molar-refractivity contribution in [2.24, 2.45) is 0 Å². The van der Waals surface area contributed by atoms with Gasteiger partial charge >= 0.3 is 5.97 Å². The molecule has 0 aliphatic heterocycles. The molecule has 1 N–H and O–H groups in total. The molecule has 5 nitrogen and oxygen atoms in total. The zero-order chi connectivity index (χ0) is 19.9. The molecule has 0 aliphatic rings. The highest BCUT2D eigenvalue weighted by molar-refractivity contribution is 6.06. The summed E-state index contributed by atoms with van der Waals surface area (Å²) in [5.74, 6) is -0.00904. The average molecular weight is 377 g/mol. The molecule has 0 bridgehead atoms. The third-order valence-electron chi connectivity index (χ3n) is 4.63. The summed E-state index contributed by atoms with van der Waals surface area (Å²) in [7, 11) is 1.58. The molecule has 0 fully saturated rings. The molecule has 0 spiro atoms. The molecule has 144 valence electrons. The van der Waals surface area contributed by atoms with Crippen molar-refractivity contribution in [3.8, 4) is 5.75 Å². The molecule has 3 aromatic rings. The number of amides is 1. The van der Waals surface area contributed by atoms with Gasteiger partial charge in [0.2, 0.25) is 0 Å². The minimum absolute atomic E-state index is 0.173. The van der Waals surface area contributed by atoms with Gasteiger partial charge in [-0.05, 0) is 29.0 Å². The first kappa shape index (κ1) is 19.4. The fourth-order valence-corrected chi connectivity index (χ4v) is 3.05. The van der Waals surface area contributed by atoms with Crippen LogP contribution in [0.5, 0.6) is 5.75 Å². The largest absolute Gasteiger partial charge is 0.496 e. The Morgan fingerprint density at radius 3 is 2.32 bits per heavy atom. The van der Waals surface area contributed by atoms with E-state index in [1.165, 1.54) is 0 Å². The molecule has 0 radical (unpaired) electrons. The van der Waals surface area contributed by atoms with Crippen molar-refractivity contribution in [2.75, 3.05) is 20.3 Å². The number of hydrogen-bond donors (Lipinski definition) is 1. The second-order valence-corrected chi connectivity index (χ2v) is 6.55. The molecule has 1 atom stereocenters. The van der Waals surface area contributed by atoms with Gasteiger partial charge in [0, 0.05) is 11.9 Å². The molecule has 1 amide bonds. The van der Waals surface area contributed by atoms with Gasteiger partial charge in [0.1, 0.15) is 5.75 Å². The van der Waals surface area contributed by atoms with Crippen molar-refractivity contribution in [3.63, 3.8) is 0 Å². The molecule has 3 rings (SSSR count). The van der Waals surface area contributed by atoms with Crippen molar-refractivity contribution in [2.45, 2.75) is 12.8 Å². The SMILES string of the molecule is COc1ccc(C(=O)OCC(=O)NC[C@@H](C)c2ccccc2)c2ccccc12. The standard InChI is InChI=1S/C23H23NO4/c1-16(17-8-4-3-5-9-17)14-24-22(25)15-28-23(26)20-12-13-21(27-2)19-11-7-6-10-18(19)20/h3-13,16H,14-15H2,1-2H3,(H,24,25)/t16-/m1/s1. The highest BCUT2D eigenvalue weighted by Crippen LogP contribution is 2.28. The quantitative estimate of drug-likeness (QED) is 0.634. The Bertz CT molecular complexity index is 969. The van der Waals surface area contributed by atoms with Gasteiger partial charge in [-0.1, -0.05) is 61.5 Å². The summed E-state index contributed by atoms with van der Waals surface area (Å²) in [6.07, 6.45) is 0. The summed E-state index contributed by atoms with van der Waals surface area (Å²) < 4.78 is 10.6. The third-order valence-corrected chi connectivity index (χ3v) is 4.63. The second-order valence-electron chi connectivity index (χ2n) is 6.55. The number of benzene rings is 3. The van der Waals surface area contributed by atoms with Crippen LogP contribution in [0.2, 0.25) is 0 Å². The Kier molecular flexibility index (Phi) is 6.27. The van der Waals surface area contributed by atoms with Crippen molar-refractivity contribution in [1.29, 1.82) is 0 Å². The minimum Gasteiger partial charge on any atom is -0.496 e. The average Bonchev–Trinajstić information content (AvgIpc) is 2.75. The smallest absolute Gasteiger partial charge is 0.339 e. The van der Waals surface area contributed by atoms with Crippen molar-refractivity contribution < 1.29 is 19.1 Å². The van der Waals surface area contributed by atoms with Crippen LogP contribution in [-0.2, 0) is 9.53 Å². The lowest BCUT2D eigenvalue weighted by Gasteiger charge is -2.13. The van der Waals surface area contributed by atoms with E-state index >= 15 is 0 Å². The Labute approximate surface area is 164 Å². The van der Waals surface area contributed by atoms with Gasteiger partial charge in [0.25, 0.3) is 5.91 Å². The molecular weight excluding hydrogens is 354 g/mol. The number of ether oxygens (including phenoxy) is 2. The maximum Gasteiger partial charge on any atom is 0.339 e. The zero-order valence-corrected chi connectivity index (χ0v) is 16.0. The topological polar surface area (TPSA) is 64.6 Å². The predicted octanol–water partition coefficient (Wildman–Crippen LogP) is 3.93. The van der Waals surface area contributed by atoms with E-state index < -0.39 is 5.97 Å². The molecule has 0 aliphatic carbocycles. The van der Waals surface area contributed by atoms with E-state index in [9.17, 15) is 9.59 Å². The predicted molar refractivity (Wildman–Crippen MR) is 109 cm³/mol. The number of fused-ring (bicyclic) bond motifs is 1. The molecule has 0 unspecified atom stereocenters. The first-order valence-corrected chi connectivity index (χ1v) is 9.14. The fraction of sp³-hybridized carbons (Fsp3) is 0.217. The molecular formula is C23H23NO4. The van der Waals surface area contributed by atoms with Crippen LogP contribution in [0.4, 0.5) is 0 Å². The summed E-state index contributed by atoms with van der Waals surface area (Å²) in [5.41, 5.74) is 1.55. The third kappa shape index (κ3) is 4.49. The highest BCUT2D eigenvalue weighted by atomic mass is 16.5. The van der Waals surface area contributed by atoms with E-state index in [1.807, 2.05) is 61.5 Å². The van der Waals surface area contributed by atoms with Crippen LogP contribution < -0.4 is 10.1 Å². The maximum absolute atomic E-state index is 12.5. The molecule has 28 heavy (non-hydrogen) atoms. The zero-order valence-electron chi connectivity index (χ0n) is 16.0. The Hall–Kier alpha value is -3.34. The number of rotatable bonds is 7. The molecule has 0 saturated carbocycles. The van der Waals surface area contributed by atoms with Gasteiger partial charge in [-0.25, -0.2) is 4.79 Å². The Morgan fingerprint density at radius 1 is 0.929 bits per heavy atom. The normalized spacial score (nSPS) is 11.6. The minimum atomic E-state index is -0.537. The highest BCUT2D eigenvalue weighted by Gasteiger charge is 2.16. The first-order chi connectivity index (χ1) is 13.6. The van der Waals surface area contributed by atoms with E-state index in [4.69, 9.17) is 9.47 Å². The van der Waals surface area contributed by atoms with Crippen LogP contribution >= 0.6 is 0 Å². The van der Waals surface area contributed by atoms with E-state index in [0.29, 0.717) is 17.9 Å². The van der Waals surface area contributed by atoms with Crippen LogP contribution in [0.1, 0.15) is 28.8 Å². The Balaban J connectivity index is 1.58. The van der Waals surface area contributed by atoms with E-state index in [2.05, 4.69) is 5.32 Å². The number of esters is 1. The van der Waals surface area contributed by atoms with E-state index in [1.54, 1.807) is 19.2 Å². The Morgan fingerprint density at radius 2 is 1.61 bits per heavy atom. The summed E-state index contributed by atoms with van der Waals surface area (Å²) in [6.45, 7) is 2.19. The summed E-state index contributed by atoms with van der Waals surface area (Å²) in [6, 6.07) is 20.7. The van der Waals surface area contributed by atoms with E-state index in [-0.39, 0.29) is 18.4 Å². The van der Waals surface area contributed by atoms with Crippen molar-refractivity contribution in [3.05, 3.63) is 77.9 Å². The van der Waals surface area contributed by atoms with E-state index in [0.717, 1.165) is 16.3 Å². The van der Waals surface area contributed by atoms with Crippen molar-refractivity contribution in [1.82, 2.24) is 5.32 Å². The van der Waals surface area contributed by atoms with Crippen LogP contribution in [-0.4, -0.2) is 32.1 Å². The number of hydrogen-bond acceptors (Lipinski definition) is 4. The van der Waals surface area contributed by atoms with Gasteiger partial charge in [0.15, 0.2) is 6.61 Å². The van der Waals surface area contributed by atoms with Crippen LogP contribution in [0.15, 0.2) is 66.7 Å². The van der Waals surface area contributed by atoms with Gasteiger partial charge < -0.3 is 14.8 Å². The monoisotopic (exact) mass is 377 g/mol. The van der Waals surface area contributed by atoms with Gasteiger partial charge in [-0.15, -0.1) is 0 Å². The summed E-state index contributed by atoms with van der Waals surface area (Å²) in [4.78, 5) is 24.5. The summed E-state index contributed by atoms with van der Waals surface area (Å²) >= 11 is 0. The first-order valence-electron chi connectivity index (χ1n) is 9.14. The molecule has 3 aromatic carbocycles. The lowest BCUT2D eigenvalue weighted by atomic mass is 10.0. The lowest BCUT2D eigenvalue weighted by molar-refractivity contribution is -0.124. The fourth-order valence-electron chi connectivity index (χ4n) is 3.05. The van der Waals surface area contributed by atoms with Crippen LogP contribution in [0.25, 0.3) is 10.8 Å². The van der Waals surface area contributed by atoms with Gasteiger partial charge in [-0.3, -0.25) is 4.79 Å². The lowest BCUT2D eigenvalue weighted by Crippen LogP contribution is -2.31. The number of methoxy groups -OCH3 is 1. The number of nitrogens with one attached hydrogen (secondary N) is 1. The summed E-state index contributed by atoms with van der Waals surface area (Å²) in [5, 5.41) is 4.35. The number of carbonyl (C=O) groups excluding carboxylic acids is 2. The van der Waals surface area contributed by atoms with Crippen LogP contribution in [0, 0.1) is 0 Å².